The SMILES string of the molecule is Cc1cccc2cc(CN(C[C@H]3CCCO3)S(=O)(=O)c3ccc(Br)cc3)c(=O)[nH]c12. The third-order valence-electron chi connectivity index (χ3n) is 5.39. The predicted octanol–water partition coefficient (Wildman–Crippen LogP) is 3.97. The molecular weight excluding hydrogens is 468 g/mol. The molecule has 1 atom stereocenters. The maximum absolute atomic E-state index is 13.4. The minimum atomic E-state index is -3.80. The lowest BCUT2D eigenvalue weighted by Gasteiger charge is -2.25. The average molecular weight is 491 g/mol. The number of fused-ring (bicyclic) bond motifs is 1. The molecule has 30 heavy (non-hydrogen) atoms. The van der Waals surface area contributed by atoms with Crippen molar-refractivity contribution in [2.45, 2.75) is 37.3 Å². The second-order valence-electron chi connectivity index (χ2n) is 7.55. The summed E-state index contributed by atoms with van der Waals surface area (Å²) in [6, 6.07) is 14.1. The number of nitrogens with one attached hydrogen (secondary N) is 1. The molecule has 1 N–H and O–H groups in total. The van der Waals surface area contributed by atoms with Crippen molar-refractivity contribution in [2.24, 2.45) is 0 Å². The van der Waals surface area contributed by atoms with Crippen molar-refractivity contribution < 1.29 is 13.2 Å². The van der Waals surface area contributed by atoms with Crippen LogP contribution in [0, 0.1) is 6.92 Å². The van der Waals surface area contributed by atoms with Crippen LogP contribution in [-0.4, -0.2) is 37.0 Å². The van der Waals surface area contributed by atoms with Gasteiger partial charge in [0.05, 0.1) is 16.5 Å². The number of sulfonamides is 1. The number of aromatic nitrogens is 1. The summed E-state index contributed by atoms with van der Waals surface area (Å²) in [6.07, 6.45) is 1.55. The molecule has 3 aromatic rings. The Morgan fingerprint density at radius 2 is 1.97 bits per heavy atom. The minimum Gasteiger partial charge on any atom is -0.377 e. The lowest BCUT2D eigenvalue weighted by Crippen LogP contribution is -2.38. The number of hydrogen-bond donors (Lipinski definition) is 1. The van der Waals surface area contributed by atoms with Crippen molar-refractivity contribution >= 4 is 36.9 Å². The molecule has 158 valence electrons. The van der Waals surface area contributed by atoms with Gasteiger partial charge in [0.2, 0.25) is 10.0 Å². The van der Waals surface area contributed by atoms with E-state index in [9.17, 15) is 13.2 Å². The molecule has 1 saturated heterocycles. The van der Waals surface area contributed by atoms with E-state index in [0.717, 1.165) is 33.8 Å². The summed E-state index contributed by atoms with van der Waals surface area (Å²) in [5.41, 5.74) is 1.87. The number of hydrogen-bond acceptors (Lipinski definition) is 4. The first-order chi connectivity index (χ1) is 14.3. The van der Waals surface area contributed by atoms with Crippen molar-refractivity contribution in [3.8, 4) is 0 Å². The number of aromatic amines is 1. The molecule has 0 saturated carbocycles. The molecule has 1 aliphatic rings. The molecule has 8 heteroatoms. The summed E-state index contributed by atoms with van der Waals surface area (Å²) in [4.78, 5) is 15.9. The molecular formula is C22H23BrN2O4S. The van der Waals surface area contributed by atoms with Crippen LogP contribution in [0.5, 0.6) is 0 Å². The zero-order chi connectivity index (χ0) is 21.3. The van der Waals surface area contributed by atoms with Crippen LogP contribution in [0.25, 0.3) is 10.9 Å². The van der Waals surface area contributed by atoms with Crippen molar-refractivity contribution in [3.63, 3.8) is 0 Å². The van der Waals surface area contributed by atoms with E-state index in [1.54, 1.807) is 30.3 Å². The first kappa shape index (κ1) is 21.2. The van der Waals surface area contributed by atoms with Crippen LogP contribution >= 0.6 is 15.9 Å². The predicted molar refractivity (Wildman–Crippen MR) is 120 cm³/mol. The monoisotopic (exact) mass is 490 g/mol. The lowest BCUT2D eigenvalue weighted by molar-refractivity contribution is 0.0925. The Balaban J connectivity index is 1.73. The Labute approximate surface area is 184 Å². The Hall–Kier alpha value is -2.00. The first-order valence-electron chi connectivity index (χ1n) is 9.83. The molecule has 0 amide bonds. The van der Waals surface area contributed by atoms with Gasteiger partial charge in [-0.2, -0.15) is 4.31 Å². The molecule has 2 aromatic carbocycles. The van der Waals surface area contributed by atoms with E-state index >= 15 is 0 Å². The van der Waals surface area contributed by atoms with Crippen molar-refractivity contribution in [1.29, 1.82) is 0 Å². The zero-order valence-electron chi connectivity index (χ0n) is 16.6. The highest BCUT2D eigenvalue weighted by atomic mass is 79.9. The maximum Gasteiger partial charge on any atom is 0.252 e. The van der Waals surface area contributed by atoms with E-state index in [4.69, 9.17) is 4.74 Å². The van der Waals surface area contributed by atoms with Crippen molar-refractivity contribution in [1.82, 2.24) is 9.29 Å². The van der Waals surface area contributed by atoms with Gasteiger partial charge in [-0.05, 0) is 61.0 Å². The van der Waals surface area contributed by atoms with E-state index < -0.39 is 10.0 Å². The fraction of sp³-hybridized carbons (Fsp3) is 0.318. The fourth-order valence-electron chi connectivity index (χ4n) is 3.75. The van der Waals surface area contributed by atoms with E-state index in [1.165, 1.54) is 4.31 Å². The van der Waals surface area contributed by atoms with Gasteiger partial charge in [0.25, 0.3) is 5.56 Å². The Morgan fingerprint density at radius 1 is 1.20 bits per heavy atom. The highest BCUT2D eigenvalue weighted by Crippen LogP contribution is 2.24. The van der Waals surface area contributed by atoms with Crippen LogP contribution < -0.4 is 5.56 Å². The minimum absolute atomic E-state index is 0.0164. The molecule has 6 nitrogen and oxygen atoms in total. The van der Waals surface area contributed by atoms with E-state index in [2.05, 4.69) is 20.9 Å². The van der Waals surface area contributed by atoms with Crippen LogP contribution in [-0.2, 0) is 21.3 Å². The quantitative estimate of drug-likeness (QED) is 0.566. The largest absolute Gasteiger partial charge is 0.377 e. The van der Waals surface area contributed by atoms with Gasteiger partial charge in [-0.3, -0.25) is 4.79 Å². The molecule has 0 aliphatic carbocycles. The van der Waals surface area contributed by atoms with Crippen LogP contribution in [0.1, 0.15) is 24.0 Å². The van der Waals surface area contributed by atoms with Crippen LogP contribution in [0.4, 0.5) is 0 Å². The van der Waals surface area contributed by atoms with Crippen LogP contribution in [0.3, 0.4) is 0 Å². The molecule has 0 radical (unpaired) electrons. The second kappa shape index (κ2) is 8.63. The molecule has 1 fully saturated rings. The normalized spacial score (nSPS) is 17.1. The number of para-hydroxylation sites is 1. The molecule has 0 spiro atoms. The van der Waals surface area contributed by atoms with Gasteiger partial charge < -0.3 is 9.72 Å². The van der Waals surface area contributed by atoms with Crippen LogP contribution in [0.15, 0.2) is 62.7 Å². The number of halogens is 1. The number of pyridine rings is 1. The van der Waals surface area contributed by atoms with Gasteiger partial charge in [0.1, 0.15) is 0 Å². The van der Waals surface area contributed by atoms with Gasteiger partial charge >= 0.3 is 0 Å². The molecule has 4 rings (SSSR count). The van der Waals surface area contributed by atoms with Gasteiger partial charge in [-0.15, -0.1) is 0 Å². The Morgan fingerprint density at radius 3 is 2.67 bits per heavy atom. The topological polar surface area (TPSA) is 79.5 Å². The first-order valence-corrected chi connectivity index (χ1v) is 12.1. The molecule has 2 heterocycles. The number of benzene rings is 2. The van der Waals surface area contributed by atoms with Gasteiger partial charge in [0, 0.05) is 29.7 Å². The standard InChI is InChI=1S/C22H23BrN2O4S/c1-15-4-2-5-16-12-17(22(26)24-21(15)16)13-25(14-19-6-3-11-29-19)30(27,28)20-9-7-18(23)8-10-20/h2,4-5,7-10,12,19H,3,6,11,13-14H2,1H3,(H,24,26)/t19-/m1/s1. The summed E-state index contributed by atoms with van der Waals surface area (Å²) in [5.74, 6) is 0. The highest BCUT2D eigenvalue weighted by molar-refractivity contribution is 9.10. The van der Waals surface area contributed by atoms with E-state index in [1.807, 2.05) is 25.1 Å². The smallest absolute Gasteiger partial charge is 0.252 e. The number of nitrogens with zero attached hydrogens (tertiary/aromatic N) is 1. The maximum atomic E-state index is 13.4. The third-order valence-corrected chi connectivity index (χ3v) is 7.75. The molecule has 0 unspecified atom stereocenters. The van der Waals surface area contributed by atoms with E-state index in [-0.39, 0.29) is 29.6 Å². The average Bonchev–Trinajstić information content (AvgIpc) is 3.22. The second-order valence-corrected chi connectivity index (χ2v) is 10.4. The molecule has 1 aliphatic heterocycles. The molecule has 0 bridgehead atoms. The zero-order valence-corrected chi connectivity index (χ0v) is 19.0. The fourth-order valence-corrected chi connectivity index (χ4v) is 5.47. The Bertz CT molecular complexity index is 1220. The lowest BCUT2D eigenvalue weighted by atomic mass is 10.1. The summed E-state index contributed by atoms with van der Waals surface area (Å²) < 4.78 is 34.7. The number of rotatable bonds is 6. The summed E-state index contributed by atoms with van der Waals surface area (Å²) >= 11 is 3.34. The van der Waals surface area contributed by atoms with Crippen molar-refractivity contribution in [3.05, 3.63) is 74.5 Å². The highest BCUT2D eigenvalue weighted by Gasteiger charge is 2.30. The Kier molecular flexibility index (Phi) is 6.11. The van der Waals surface area contributed by atoms with Gasteiger partial charge in [-0.1, -0.05) is 34.1 Å². The number of ether oxygens (including phenoxy) is 1. The molecule has 1 aromatic heterocycles. The summed E-state index contributed by atoms with van der Waals surface area (Å²) in [7, 11) is -3.80. The van der Waals surface area contributed by atoms with Crippen LogP contribution in [0.2, 0.25) is 0 Å². The van der Waals surface area contributed by atoms with Gasteiger partial charge in [0.15, 0.2) is 0 Å². The number of aryl methyl sites for hydroxylation is 1. The summed E-state index contributed by atoms with van der Waals surface area (Å²) in [5, 5.41) is 0.878. The summed E-state index contributed by atoms with van der Waals surface area (Å²) in [6.45, 7) is 2.76. The third kappa shape index (κ3) is 4.37. The van der Waals surface area contributed by atoms with Gasteiger partial charge in [-0.25, -0.2) is 8.42 Å². The number of H-pyrrole nitrogens is 1. The van der Waals surface area contributed by atoms with Crippen molar-refractivity contribution in [2.75, 3.05) is 13.2 Å². The van der Waals surface area contributed by atoms with E-state index in [0.29, 0.717) is 12.2 Å².